The normalized spacial score (nSPS) is 22.6. The van der Waals surface area contributed by atoms with E-state index in [-0.39, 0.29) is 35.1 Å². The third-order valence-corrected chi connectivity index (χ3v) is 9.40. The molecule has 1 fully saturated rings. The minimum Gasteiger partial charge on any atom is -0.469 e. The van der Waals surface area contributed by atoms with E-state index in [4.69, 9.17) is 9.47 Å². The van der Waals surface area contributed by atoms with Gasteiger partial charge >= 0.3 is 12.1 Å². The zero-order valence-electron chi connectivity index (χ0n) is 21.1. The number of ether oxygens (including phenoxy) is 2. The van der Waals surface area contributed by atoms with Gasteiger partial charge in [0.1, 0.15) is 0 Å². The summed E-state index contributed by atoms with van der Waals surface area (Å²) in [4.78, 5) is 28.7. The second-order valence-corrected chi connectivity index (χ2v) is 11.6. The Labute approximate surface area is 216 Å². The molecular weight excluding hydrogens is 492 g/mol. The van der Waals surface area contributed by atoms with Crippen molar-refractivity contribution in [3.05, 3.63) is 77.5 Å². The fraction of sp³-hybridized carbons (Fsp3) is 0.357. The zero-order chi connectivity index (χ0) is 26.3. The summed E-state index contributed by atoms with van der Waals surface area (Å²) in [7, 11) is -0.795. The highest BCUT2D eigenvalue weighted by molar-refractivity contribution is 7.91. The van der Waals surface area contributed by atoms with E-state index in [0.717, 1.165) is 16.5 Å². The first-order valence-corrected chi connectivity index (χ1v) is 13.9. The molecule has 0 saturated carbocycles. The number of allylic oxidation sites excluding steroid dienone is 1. The number of carbonyl (C=O) groups excluding carboxylic acids is 2. The number of nitrogens with zero attached hydrogens (tertiary/aromatic N) is 2. The Morgan fingerprint density at radius 3 is 2.41 bits per heavy atom. The van der Waals surface area contributed by atoms with Crippen molar-refractivity contribution in [2.45, 2.75) is 30.2 Å². The topological polar surface area (TPSA) is 94.9 Å². The van der Waals surface area contributed by atoms with Crippen LogP contribution in [0.2, 0.25) is 0 Å². The SMILES string of the molecule is C/C=C1/CN(CCS(=O)(=O)c2ccccc2)[C@@H]2C[C@H]1[C@@H](C(=O)OC)c1c2n(C(=O)OC)c2ccccc12. The summed E-state index contributed by atoms with van der Waals surface area (Å²) in [6.07, 6.45) is 2.03. The Kier molecular flexibility index (Phi) is 6.68. The average Bonchev–Trinajstić information content (AvgIpc) is 3.27. The predicted molar refractivity (Wildman–Crippen MR) is 139 cm³/mol. The summed E-state index contributed by atoms with van der Waals surface area (Å²) < 4.78 is 38.2. The Hall–Kier alpha value is -3.43. The molecule has 1 aliphatic heterocycles. The maximum absolute atomic E-state index is 13.2. The summed E-state index contributed by atoms with van der Waals surface area (Å²) in [5.41, 5.74) is 3.14. The number of fused-ring (bicyclic) bond motifs is 6. The number of rotatable bonds is 5. The molecule has 1 aromatic heterocycles. The molecule has 194 valence electrons. The average molecular weight is 523 g/mol. The fourth-order valence-corrected chi connectivity index (χ4v) is 7.28. The lowest BCUT2D eigenvalue weighted by molar-refractivity contribution is -0.144. The first-order valence-electron chi connectivity index (χ1n) is 12.3. The lowest BCUT2D eigenvalue weighted by Gasteiger charge is -2.47. The molecule has 2 heterocycles. The first kappa shape index (κ1) is 25.2. The lowest BCUT2D eigenvalue weighted by Crippen LogP contribution is -2.47. The van der Waals surface area contributed by atoms with Gasteiger partial charge in [-0.2, -0.15) is 0 Å². The van der Waals surface area contributed by atoms with Crippen LogP contribution >= 0.6 is 0 Å². The molecule has 2 aromatic carbocycles. The van der Waals surface area contributed by atoms with Gasteiger partial charge < -0.3 is 9.47 Å². The van der Waals surface area contributed by atoms with Crippen molar-refractivity contribution in [3.8, 4) is 0 Å². The molecule has 8 nitrogen and oxygen atoms in total. The number of piperidine rings is 1. The minimum absolute atomic E-state index is 0.0661. The predicted octanol–water partition coefficient (Wildman–Crippen LogP) is 4.31. The van der Waals surface area contributed by atoms with Crippen molar-refractivity contribution in [1.29, 1.82) is 0 Å². The van der Waals surface area contributed by atoms with Gasteiger partial charge in [0.15, 0.2) is 9.84 Å². The van der Waals surface area contributed by atoms with Crippen LogP contribution in [0.3, 0.4) is 0 Å². The molecule has 0 radical (unpaired) electrons. The Balaban J connectivity index is 1.66. The van der Waals surface area contributed by atoms with Gasteiger partial charge in [-0.25, -0.2) is 17.8 Å². The molecule has 3 atom stereocenters. The summed E-state index contributed by atoms with van der Waals surface area (Å²) in [5.74, 6) is -1.11. The van der Waals surface area contributed by atoms with Gasteiger partial charge in [0.2, 0.25) is 0 Å². The maximum atomic E-state index is 13.2. The number of esters is 1. The second kappa shape index (κ2) is 9.79. The van der Waals surface area contributed by atoms with Crippen LogP contribution in [-0.2, 0) is 24.1 Å². The third-order valence-electron chi connectivity index (χ3n) is 7.69. The van der Waals surface area contributed by atoms with E-state index in [9.17, 15) is 18.0 Å². The number of aromatic nitrogens is 1. The van der Waals surface area contributed by atoms with E-state index in [0.29, 0.717) is 24.2 Å². The van der Waals surface area contributed by atoms with Crippen LogP contribution in [0.15, 0.2) is 71.1 Å². The van der Waals surface area contributed by atoms with Crippen LogP contribution in [0, 0.1) is 5.92 Å². The largest absolute Gasteiger partial charge is 0.469 e. The minimum atomic E-state index is -3.51. The number of sulfone groups is 1. The van der Waals surface area contributed by atoms with Crippen molar-refractivity contribution in [1.82, 2.24) is 9.47 Å². The number of hydrogen-bond acceptors (Lipinski definition) is 7. The second-order valence-electron chi connectivity index (χ2n) is 9.45. The van der Waals surface area contributed by atoms with E-state index >= 15 is 0 Å². The molecule has 37 heavy (non-hydrogen) atoms. The summed E-state index contributed by atoms with van der Waals surface area (Å²) in [6, 6.07) is 15.6. The van der Waals surface area contributed by atoms with Crippen LogP contribution in [-0.4, -0.2) is 63.0 Å². The quantitative estimate of drug-likeness (QED) is 0.364. The third kappa shape index (κ3) is 4.16. The van der Waals surface area contributed by atoms with E-state index < -0.39 is 21.8 Å². The van der Waals surface area contributed by atoms with Crippen LogP contribution in [0.1, 0.15) is 36.6 Å². The lowest BCUT2D eigenvalue weighted by atomic mass is 9.68. The molecule has 9 heteroatoms. The van der Waals surface area contributed by atoms with Gasteiger partial charge in [-0.3, -0.25) is 9.69 Å². The number of carbonyl (C=O) groups is 2. The molecule has 5 rings (SSSR count). The molecule has 2 aliphatic rings. The summed E-state index contributed by atoms with van der Waals surface area (Å²) >= 11 is 0. The van der Waals surface area contributed by atoms with Crippen LogP contribution < -0.4 is 0 Å². The van der Waals surface area contributed by atoms with E-state index in [1.165, 1.54) is 14.2 Å². The molecule has 1 saturated heterocycles. The molecule has 0 N–H and O–H groups in total. The van der Waals surface area contributed by atoms with Crippen LogP contribution in [0.5, 0.6) is 0 Å². The van der Waals surface area contributed by atoms with E-state index in [2.05, 4.69) is 4.90 Å². The Morgan fingerprint density at radius 1 is 1.03 bits per heavy atom. The number of benzene rings is 2. The Morgan fingerprint density at radius 2 is 1.73 bits per heavy atom. The van der Waals surface area contributed by atoms with E-state index in [1.54, 1.807) is 34.9 Å². The maximum Gasteiger partial charge on any atom is 0.418 e. The number of likely N-dealkylation sites (tertiary alicyclic amines) is 1. The van der Waals surface area contributed by atoms with Gasteiger partial charge in [0.05, 0.1) is 48.0 Å². The smallest absolute Gasteiger partial charge is 0.418 e. The number of methoxy groups -OCH3 is 2. The van der Waals surface area contributed by atoms with Crippen molar-refractivity contribution in [2.75, 3.05) is 33.1 Å². The van der Waals surface area contributed by atoms with E-state index in [1.807, 2.05) is 37.3 Å². The molecule has 0 unspecified atom stereocenters. The standard InChI is InChI=1S/C28H30N2O6S/c1-4-18-17-29(14-15-37(33,34)19-10-6-5-7-11-19)23-16-21(18)25(27(31)35-2)24-20-12-8-9-13-22(20)30(26(23)24)28(32)36-3/h4-13,21,23,25H,14-17H2,1-3H3/b18-4-/t21-,23-,25-/m1/s1. The summed E-state index contributed by atoms with van der Waals surface area (Å²) in [6.45, 7) is 2.71. The summed E-state index contributed by atoms with van der Waals surface area (Å²) in [5, 5.41) is 0.794. The van der Waals surface area contributed by atoms with Gasteiger partial charge in [-0.05, 0) is 37.1 Å². The first-order chi connectivity index (χ1) is 17.8. The molecule has 1 aliphatic carbocycles. The monoisotopic (exact) mass is 522 g/mol. The van der Waals surface area contributed by atoms with Crippen molar-refractivity contribution < 1.29 is 27.5 Å². The van der Waals surface area contributed by atoms with Gasteiger partial charge in [0, 0.05) is 24.4 Å². The molecule has 3 aromatic rings. The number of para-hydroxylation sites is 1. The van der Waals surface area contributed by atoms with Gasteiger partial charge in [0.25, 0.3) is 0 Å². The molecular formula is C28H30N2O6S. The number of hydrogen-bond donors (Lipinski definition) is 0. The van der Waals surface area contributed by atoms with Crippen molar-refractivity contribution >= 4 is 32.8 Å². The van der Waals surface area contributed by atoms with Crippen LogP contribution in [0.25, 0.3) is 10.9 Å². The molecule has 2 bridgehead atoms. The highest BCUT2D eigenvalue weighted by Crippen LogP contribution is 2.53. The fourth-order valence-electron chi connectivity index (χ4n) is 6.00. The molecule has 0 spiro atoms. The Bertz CT molecular complexity index is 1490. The van der Waals surface area contributed by atoms with Crippen LogP contribution in [0.4, 0.5) is 4.79 Å². The zero-order valence-corrected chi connectivity index (χ0v) is 21.9. The van der Waals surface area contributed by atoms with Gasteiger partial charge in [-0.1, -0.05) is 48.0 Å². The van der Waals surface area contributed by atoms with Crippen molar-refractivity contribution in [3.63, 3.8) is 0 Å². The van der Waals surface area contributed by atoms with Gasteiger partial charge in [-0.15, -0.1) is 0 Å². The highest BCUT2D eigenvalue weighted by Gasteiger charge is 2.50. The van der Waals surface area contributed by atoms with Crippen molar-refractivity contribution in [2.24, 2.45) is 5.92 Å². The highest BCUT2D eigenvalue weighted by atomic mass is 32.2. The molecule has 0 amide bonds.